The molecule has 0 spiro atoms. The molecular formula is C19H32N4O. The van der Waals surface area contributed by atoms with Gasteiger partial charge in [-0.05, 0) is 51.4 Å². The van der Waals surface area contributed by atoms with Crippen molar-refractivity contribution in [3.8, 4) is 0 Å². The van der Waals surface area contributed by atoms with Crippen LogP contribution in [0.3, 0.4) is 0 Å². The summed E-state index contributed by atoms with van der Waals surface area (Å²) in [7, 11) is 0. The number of furan rings is 1. The molecule has 0 saturated carbocycles. The summed E-state index contributed by atoms with van der Waals surface area (Å²) in [6, 6.07) is 4.52. The third kappa shape index (κ3) is 6.79. The molecule has 2 rings (SSSR count). The topological polar surface area (TPSA) is 52.8 Å². The van der Waals surface area contributed by atoms with E-state index in [1.807, 2.05) is 18.2 Å². The van der Waals surface area contributed by atoms with Crippen LogP contribution in [0.5, 0.6) is 0 Å². The maximum absolute atomic E-state index is 5.35. The maximum atomic E-state index is 5.35. The highest BCUT2D eigenvalue weighted by Gasteiger charge is 2.15. The minimum atomic E-state index is 0.609. The SMILES string of the molecule is C=CCNC(=NCCC(C)N1CCCCC1)NCCc1ccco1. The Morgan fingerprint density at radius 3 is 2.92 bits per heavy atom. The Kier molecular flexibility index (Phi) is 8.46. The molecule has 1 aromatic rings. The van der Waals surface area contributed by atoms with E-state index in [0.29, 0.717) is 12.6 Å². The third-order valence-corrected chi connectivity index (χ3v) is 4.49. The molecule has 0 bridgehead atoms. The van der Waals surface area contributed by atoms with E-state index < -0.39 is 0 Å². The number of nitrogens with one attached hydrogen (secondary N) is 2. The Labute approximate surface area is 146 Å². The van der Waals surface area contributed by atoms with Crippen LogP contribution in [0.2, 0.25) is 0 Å². The number of rotatable bonds is 9. The van der Waals surface area contributed by atoms with Crippen LogP contribution >= 0.6 is 0 Å². The summed E-state index contributed by atoms with van der Waals surface area (Å²) in [4.78, 5) is 7.30. The fourth-order valence-corrected chi connectivity index (χ4v) is 3.01. The summed E-state index contributed by atoms with van der Waals surface area (Å²) in [6.07, 6.45) is 9.58. The van der Waals surface area contributed by atoms with Crippen molar-refractivity contribution in [3.05, 3.63) is 36.8 Å². The second-order valence-corrected chi connectivity index (χ2v) is 6.39. The van der Waals surface area contributed by atoms with Crippen LogP contribution < -0.4 is 10.6 Å². The molecule has 0 radical (unpaired) electrons. The molecule has 2 heterocycles. The lowest BCUT2D eigenvalue weighted by molar-refractivity contribution is 0.168. The average Bonchev–Trinajstić information content (AvgIpc) is 3.13. The molecule has 1 aliphatic rings. The maximum Gasteiger partial charge on any atom is 0.191 e. The monoisotopic (exact) mass is 332 g/mol. The molecule has 0 aliphatic carbocycles. The van der Waals surface area contributed by atoms with Gasteiger partial charge in [0.25, 0.3) is 0 Å². The van der Waals surface area contributed by atoms with Gasteiger partial charge in [0, 0.05) is 32.1 Å². The number of likely N-dealkylation sites (tertiary alicyclic amines) is 1. The van der Waals surface area contributed by atoms with Crippen LogP contribution in [-0.2, 0) is 6.42 Å². The highest BCUT2D eigenvalue weighted by molar-refractivity contribution is 5.79. The molecule has 134 valence electrons. The van der Waals surface area contributed by atoms with Crippen molar-refractivity contribution in [2.75, 3.05) is 32.7 Å². The summed E-state index contributed by atoms with van der Waals surface area (Å²) in [6.45, 7) is 10.9. The molecule has 5 nitrogen and oxygen atoms in total. The van der Waals surface area contributed by atoms with Crippen molar-refractivity contribution in [2.45, 2.75) is 45.1 Å². The Morgan fingerprint density at radius 1 is 1.38 bits per heavy atom. The summed E-state index contributed by atoms with van der Waals surface area (Å²) < 4.78 is 5.35. The van der Waals surface area contributed by atoms with Gasteiger partial charge in [0.15, 0.2) is 5.96 Å². The summed E-state index contributed by atoms with van der Waals surface area (Å²) in [5, 5.41) is 6.64. The van der Waals surface area contributed by atoms with Gasteiger partial charge in [0.2, 0.25) is 0 Å². The fraction of sp³-hybridized carbons (Fsp3) is 0.632. The van der Waals surface area contributed by atoms with Gasteiger partial charge in [-0.3, -0.25) is 4.99 Å². The Morgan fingerprint density at radius 2 is 2.21 bits per heavy atom. The van der Waals surface area contributed by atoms with E-state index in [1.165, 1.54) is 32.4 Å². The zero-order valence-corrected chi connectivity index (χ0v) is 15.0. The lowest BCUT2D eigenvalue weighted by atomic mass is 10.1. The van der Waals surface area contributed by atoms with Crippen LogP contribution in [0.4, 0.5) is 0 Å². The quantitative estimate of drug-likeness (QED) is 0.415. The first kappa shape index (κ1) is 18.6. The number of hydrogen-bond donors (Lipinski definition) is 2. The Hall–Kier alpha value is -1.75. The first-order valence-corrected chi connectivity index (χ1v) is 9.19. The minimum absolute atomic E-state index is 0.609. The summed E-state index contributed by atoms with van der Waals surface area (Å²) in [5.41, 5.74) is 0. The van der Waals surface area contributed by atoms with Gasteiger partial charge in [0.1, 0.15) is 5.76 Å². The molecule has 0 amide bonds. The molecule has 1 fully saturated rings. The van der Waals surface area contributed by atoms with Crippen molar-refractivity contribution in [3.63, 3.8) is 0 Å². The van der Waals surface area contributed by atoms with Gasteiger partial charge in [-0.15, -0.1) is 6.58 Å². The van der Waals surface area contributed by atoms with E-state index in [4.69, 9.17) is 9.41 Å². The molecular weight excluding hydrogens is 300 g/mol. The van der Waals surface area contributed by atoms with Crippen LogP contribution in [0, 0.1) is 0 Å². The number of hydrogen-bond acceptors (Lipinski definition) is 3. The van der Waals surface area contributed by atoms with Gasteiger partial charge in [-0.25, -0.2) is 0 Å². The number of guanidine groups is 1. The number of aliphatic imine (C=N–C) groups is 1. The molecule has 1 unspecified atom stereocenters. The second-order valence-electron chi connectivity index (χ2n) is 6.39. The molecule has 1 aliphatic heterocycles. The molecule has 1 saturated heterocycles. The van der Waals surface area contributed by atoms with Gasteiger partial charge in [-0.2, -0.15) is 0 Å². The molecule has 24 heavy (non-hydrogen) atoms. The summed E-state index contributed by atoms with van der Waals surface area (Å²) in [5.74, 6) is 1.84. The van der Waals surface area contributed by atoms with Crippen molar-refractivity contribution >= 4 is 5.96 Å². The lowest BCUT2D eigenvalue weighted by Gasteiger charge is -2.32. The first-order chi connectivity index (χ1) is 11.8. The van der Waals surface area contributed by atoms with E-state index in [0.717, 1.165) is 37.7 Å². The summed E-state index contributed by atoms with van der Waals surface area (Å²) >= 11 is 0. The predicted octanol–water partition coefficient (Wildman–Crippen LogP) is 2.81. The average molecular weight is 332 g/mol. The third-order valence-electron chi connectivity index (χ3n) is 4.49. The normalized spacial score (nSPS) is 17.5. The predicted molar refractivity (Wildman–Crippen MR) is 100 cm³/mol. The smallest absolute Gasteiger partial charge is 0.191 e. The van der Waals surface area contributed by atoms with Crippen LogP contribution in [0.1, 0.15) is 38.4 Å². The number of piperidine rings is 1. The van der Waals surface area contributed by atoms with E-state index in [2.05, 4.69) is 29.0 Å². The van der Waals surface area contributed by atoms with Gasteiger partial charge >= 0.3 is 0 Å². The molecule has 2 N–H and O–H groups in total. The molecule has 0 aromatic carbocycles. The standard InChI is InChI=1S/C19H32N4O/c1-3-11-20-19(22-13-10-18-8-7-16-24-18)21-12-9-17(2)23-14-5-4-6-15-23/h3,7-8,16-17H,1,4-6,9-15H2,2H3,(H2,20,21,22). The largest absolute Gasteiger partial charge is 0.469 e. The van der Waals surface area contributed by atoms with E-state index >= 15 is 0 Å². The minimum Gasteiger partial charge on any atom is -0.469 e. The fourth-order valence-electron chi connectivity index (χ4n) is 3.01. The van der Waals surface area contributed by atoms with E-state index in [1.54, 1.807) is 6.26 Å². The van der Waals surface area contributed by atoms with Crippen LogP contribution in [-0.4, -0.2) is 49.6 Å². The van der Waals surface area contributed by atoms with Crippen molar-refractivity contribution in [2.24, 2.45) is 4.99 Å². The molecule has 1 atom stereocenters. The number of nitrogens with zero attached hydrogens (tertiary/aromatic N) is 2. The van der Waals surface area contributed by atoms with Crippen LogP contribution in [0.15, 0.2) is 40.5 Å². The van der Waals surface area contributed by atoms with Gasteiger partial charge in [0.05, 0.1) is 6.26 Å². The zero-order chi connectivity index (χ0) is 17.0. The molecule has 1 aromatic heterocycles. The molecule has 5 heteroatoms. The second kappa shape index (κ2) is 10.9. The van der Waals surface area contributed by atoms with Crippen molar-refractivity contribution < 1.29 is 4.42 Å². The first-order valence-electron chi connectivity index (χ1n) is 9.19. The van der Waals surface area contributed by atoms with Crippen molar-refractivity contribution in [1.82, 2.24) is 15.5 Å². The van der Waals surface area contributed by atoms with E-state index in [-0.39, 0.29) is 0 Å². The van der Waals surface area contributed by atoms with Crippen LogP contribution in [0.25, 0.3) is 0 Å². The van der Waals surface area contributed by atoms with Gasteiger partial charge < -0.3 is 20.0 Å². The Balaban J connectivity index is 1.72. The zero-order valence-electron chi connectivity index (χ0n) is 15.0. The van der Waals surface area contributed by atoms with Crippen molar-refractivity contribution in [1.29, 1.82) is 0 Å². The highest BCUT2D eigenvalue weighted by Crippen LogP contribution is 2.13. The van der Waals surface area contributed by atoms with E-state index in [9.17, 15) is 0 Å². The Bertz CT molecular complexity index is 478. The highest BCUT2D eigenvalue weighted by atomic mass is 16.3. The lowest BCUT2D eigenvalue weighted by Crippen LogP contribution is -2.40. The van der Waals surface area contributed by atoms with Gasteiger partial charge in [-0.1, -0.05) is 12.5 Å².